The molecule has 1 aromatic heterocycles. The van der Waals surface area contributed by atoms with Crippen molar-refractivity contribution >= 4 is 11.6 Å². The van der Waals surface area contributed by atoms with Crippen LogP contribution in [0.3, 0.4) is 0 Å². The second kappa shape index (κ2) is 11.8. The molecule has 0 saturated carbocycles. The highest BCUT2D eigenvalue weighted by molar-refractivity contribution is 5.92. The van der Waals surface area contributed by atoms with Crippen LogP contribution in [-0.4, -0.2) is 64.8 Å². The van der Waals surface area contributed by atoms with Crippen LogP contribution in [-0.2, 0) is 24.1 Å². The van der Waals surface area contributed by atoms with Gasteiger partial charge in [0.15, 0.2) is 6.61 Å². The van der Waals surface area contributed by atoms with Gasteiger partial charge >= 0.3 is 6.18 Å². The van der Waals surface area contributed by atoms with Crippen molar-refractivity contribution in [2.45, 2.75) is 33.1 Å². The molecule has 1 aliphatic heterocycles. The summed E-state index contributed by atoms with van der Waals surface area (Å²) in [7, 11) is 0. The monoisotopic (exact) mass is 515 g/mol. The SMILES string of the molecule is CCN1CCN(Cc2ccc(NC(=O)COc3ccc(-c4cnn(CC)c4)cc3)cc2C(F)(F)F)CC1. The first-order valence-electron chi connectivity index (χ1n) is 12.5. The highest BCUT2D eigenvalue weighted by Crippen LogP contribution is 2.34. The first kappa shape index (κ1) is 26.7. The molecule has 2 aromatic carbocycles. The van der Waals surface area contributed by atoms with E-state index in [1.54, 1.807) is 18.3 Å². The van der Waals surface area contributed by atoms with E-state index in [0.717, 1.165) is 56.5 Å². The Labute approximate surface area is 214 Å². The molecule has 0 aliphatic carbocycles. The van der Waals surface area contributed by atoms with Crippen LogP contribution < -0.4 is 10.1 Å². The van der Waals surface area contributed by atoms with E-state index in [2.05, 4.69) is 22.2 Å². The van der Waals surface area contributed by atoms with E-state index < -0.39 is 17.6 Å². The molecule has 0 spiro atoms. The van der Waals surface area contributed by atoms with Gasteiger partial charge in [-0.2, -0.15) is 18.3 Å². The van der Waals surface area contributed by atoms with Crippen LogP contribution in [0.5, 0.6) is 5.75 Å². The van der Waals surface area contributed by atoms with Gasteiger partial charge in [-0.3, -0.25) is 14.4 Å². The van der Waals surface area contributed by atoms with Gasteiger partial charge in [-0.1, -0.05) is 25.1 Å². The maximum atomic E-state index is 13.8. The molecule has 4 rings (SSSR count). The maximum Gasteiger partial charge on any atom is 0.416 e. The van der Waals surface area contributed by atoms with E-state index in [9.17, 15) is 18.0 Å². The molecule has 1 amide bonds. The van der Waals surface area contributed by atoms with Gasteiger partial charge in [0, 0.05) is 56.7 Å². The van der Waals surface area contributed by atoms with Crippen LogP contribution in [0.25, 0.3) is 11.1 Å². The lowest BCUT2D eigenvalue weighted by Gasteiger charge is -2.34. The number of carbonyl (C=O) groups excluding carboxylic acids is 1. The number of aromatic nitrogens is 2. The molecule has 10 heteroatoms. The Kier molecular flexibility index (Phi) is 8.50. The number of halogens is 3. The van der Waals surface area contributed by atoms with Gasteiger partial charge in [0.2, 0.25) is 0 Å². The Balaban J connectivity index is 1.34. The van der Waals surface area contributed by atoms with E-state index in [-0.39, 0.29) is 24.4 Å². The number of ether oxygens (including phenoxy) is 1. The molecule has 37 heavy (non-hydrogen) atoms. The minimum Gasteiger partial charge on any atom is -0.484 e. The summed E-state index contributed by atoms with van der Waals surface area (Å²) < 4.78 is 48.8. The molecule has 2 heterocycles. The second-order valence-corrected chi connectivity index (χ2v) is 9.03. The number of rotatable bonds is 9. The van der Waals surface area contributed by atoms with E-state index >= 15 is 0 Å². The zero-order valence-electron chi connectivity index (χ0n) is 21.1. The van der Waals surface area contributed by atoms with Gasteiger partial charge in [0.05, 0.1) is 11.8 Å². The average molecular weight is 516 g/mol. The van der Waals surface area contributed by atoms with Crippen molar-refractivity contribution in [1.82, 2.24) is 19.6 Å². The smallest absolute Gasteiger partial charge is 0.416 e. The molecule has 7 nitrogen and oxygen atoms in total. The fraction of sp³-hybridized carbons (Fsp3) is 0.407. The quantitative estimate of drug-likeness (QED) is 0.446. The van der Waals surface area contributed by atoms with E-state index in [0.29, 0.717) is 5.75 Å². The summed E-state index contributed by atoms with van der Waals surface area (Å²) in [6, 6.07) is 11.2. The number of nitrogens with one attached hydrogen (secondary N) is 1. The number of aryl methyl sites for hydroxylation is 1. The fourth-order valence-corrected chi connectivity index (χ4v) is 4.34. The third kappa shape index (κ3) is 7.11. The molecule has 0 bridgehead atoms. The summed E-state index contributed by atoms with van der Waals surface area (Å²) in [5.41, 5.74) is 1.49. The lowest BCUT2D eigenvalue weighted by Crippen LogP contribution is -2.45. The van der Waals surface area contributed by atoms with E-state index in [1.165, 1.54) is 12.1 Å². The summed E-state index contributed by atoms with van der Waals surface area (Å²) in [6.45, 7) is 8.85. The van der Waals surface area contributed by atoms with Crippen molar-refractivity contribution in [3.05, 3.63) is 66.0 Å². The lowest BCUT2D eigenvalue weighted by atomic mass is 10.0. The van der Waals surface area contributed by atoms with Crippen LogP contribution in [0, 0.1) is 0 Å². The number of alkyl halides is 3. The lowest BCUT2D eigenvalue weighted by molar-refractivity contribution is -0.138. The molecule has 0 atom stereocenters. The number of benzene rings is 2. The van der Waals surface area contributed by atoms with Crippen LogP contribution in [0.15, 0.2) is 54.9 Å². The van der Waals surface area contributed by atoms with Crippen molar-refractivity contribution in [1.29, 1.82) is 0 Å². The molecule has 3 aromatic rings. The predicted molar refractivity (Wildman–Crippen MR) is 136 cm³/mol. The second-order valence-electron chi connectivity index (χ2n) is 9.03. The molecule has 1 N–H and O–H groups in total. The van der Waals surface area contributed by atoms with Gasteiger partial charge < -0.3 is 15.0 Å². The average Bonchev–Trinajstić information content (AvgIpc) is 3.38. The third-order valence-corrected chi connectivity index (χ3v) is 6.52. The maximum absolute atomic E-state index is 13.8. The van der Waals surface area contributed by atoms with Gasteiger partial charge in [-0.05, 0) is 48.9 Å². The van der Waals surface area contributed by atoms with Gasteiger partial charge in [0.1, 0.15) is 5.75 Å². The largest absolute Gasteiger partial charge is 0.484 e. The number of carbonyl (C=O) groups is 1. The normalized spacial score (nSPS) is 15.1. The minimum absolute atomic E-state index is 0.0868. The van der Waals surface area contributed by atoms with E-state index in [4.69, 9.17) is 4.74 Å². The van der Waals surface area contributed by atoms with Crippen LogP contribution >= 0.6 is 0 Å². The van der Waals surface area contributed by atoms with Gasteiger partial charge in [0.25, 0.3) is 5.91 Å². The Morgan fingerprint density at radius 3 is 2.30 bits per heavy atom. The zero-order valence-corrected chi connectivity index (χ0v) is 21.1. The topological polar surface area (TPSA) is 62.6 Å². The number of likely N-dealkylation sites (N-methyl/N-ethyl adjacent to an activating group) is 1. The van der Waals surface area contributed by atoms with Crippen molar-refractivity contribution < 1.29 is 22.7 Å². The Hall–Kier alpha value is -3.37. The molecule has 0 unspecified atom stereocenters. The summed E-state index contributed by atoms with van der Waals surface area (Å²) >= 11 is 0. The number of piperazine rings is 1. The number of anilines is 1. The minimum atomic E-state index is -4.52. The number of hydrogen-bond donors (Lipinski definition) is 1. The summed E-state index contributed by atoms with van der Waals surface area (Å²) in [5, 5.41) is 6.77. The molecular weight excluding hydrogens is 483 g/mol. The molecule has 1 saturated heterocycles. The molecule has 1 fully saturated rings. The van der Waals surface area contributed by atoms with Crippen LogP contribution in [0.2, 0.25) is 0 Å². The summed E-state index contributed by atoms with van der Waals surface area (Å²) in [6.07, 6.45) is -0.803. The van der Waals surface area contributed by atoms with Crippen molar-refractivity contribution in [2.24, 2.45) is 0 Å². The number of nitrogens with zero attached hydrogens (tertiary/aromatic N) is 4. The van der Waals surface area contributed by atoms with E-state index in [1.807, 2.05) is 34.8 Å². The Morgan fingerprint density at radius 1 is 0.973 bits per heavy atom. The molecular formula is C27H32F3N5O2. The highest BCUT2D eigenvalue weighted by atomic mass is 19.4. The standard InChI is InChI=1S/C27H32F3N5O2/c1-3-33-11-13-34(14-12-33)17-21-5-8-23(15-25(21)27(28,29)30)32-26(36)19-37-24-9-6-20(7-10-24)22-16-31-35(4-2)18-22/h5-10,15-16,18H,3-4,11-14,17,19H2,1-2H3,(H,32,36). The number of amides is 1. The summed E-state index contributed by atoms with van der Waals surface area (Å²) in [5.74, 6) is -0.0545. The third-order valence-electron chi connectivity index (χ3n) is 6.52. The van der Waals surface area contributed by atoms with Crippen LogP contribution in [0.4, 0.5) is 18.9 Å². The van der Waals surface area contributed by atoms with Gasteiger partial charge in [-0.25, -0.2) is 0 Å². The van der Waals surface area contributed by atoms with Gasteiger partial charge in [-0.15, -0.1) is 0 Å². The molecule has 0 radical (unpaired) electrons. The van der Waals surface area contributed by atoms with Crippen molar-refractivity contribution in [2.75, 3.05) is 44.6 Å². The molecule has 1 aliphatic rings. The van der Waals surface area contributed by atoms with Crippen molar-refractivity contribution in [3.63, 3.8) is 0 Å². The first-order valence-corrected chi connectivity index (χ1v) is 12.5. The Morgan fingerprint density at radius 2 is 1.68 bits per heavy atom. The number of hydrogen-bond acceptors (Lipinski definition) is 5. The predicted octanol–water partition coefficient (Wildman–Crippen LogP) is 4.74. The molecule has 198 valence electrons. The summed E-state index contributed by atoms with van der Waals surface area (Å²) in [4.78, 5) is 16.7. The highest BCUT2D eigenvalue weighted by Gasteiger charge is 2.34. The van der Waals surface area contributed by atoms with Crippen molar-refractivity contribution in [3.8, 4) is 16.9 Å². The zero-order chi connectivity index (χ0) is 26.4. The first-order chi connectivity index (χ1) is 17.7. The fourth-order valence-electron chi connectivity index (χ4n) is 4.34. The Bertz CT molecular complexity index is 1190. The van der Waals surface area contributed by atoms with Crippen LogP contribution in [0.1, 0.15) is 25.0 Å².